The van der Waals surface area contributed by atoms with Crippen LogP contribution in [0, 0.1) is 18.6 Å². The van der Waals surface area contributed by atoms with Gasteiger partial charge < -0.3 is 0 Å². The fourth-order valence-electron chi connectivity index (χ4n) is 1.62. The first-order chi connectivity index (χ1) is 7.99. The summed E-state index contributed by atoms with van der Waals surface area (Å²) in [7, 11) is 0. The molecule has 0 atom stereocenters. The van der Waals surface area contributed by atoms with Crippen LogP contribution in [0.3, 0.4) is 0 Å². The Morgan fingerprint density at radius 3 is 2.41 bits per heavy atom. The van der Waals surface area contributed by atoms with Gasteiger partial charge in [-0.1, -0.05) is 0 Å². The Kier molecular flexibility index (Phi) is 3.18. The first kappa shape index (κ1) is 12.1. The third-order valence-corrected chi connectivity index (χ3v) is 3.30. The van der Waals surface area contributed by atoms with Gasteiger partial charge in [0.25, 0.3) is 0 Å². The second-order valence-corrected chi connectivity index (χ2v) is 4.75. The second-order valence-electron chi connectivity index (χ2n) is 3.83. The molecule has 0 aliphatic carbocycles. The summed E-state index contributed by atoms with van der Waals surface area (Å²) in [5.41, 5.74) is 7.88. The standard InChI is InChI=1S/C13H10F2NSe/c1-7-4-10(11(15)6-12(7)16)9-3-2-8(14)5-13(9)17/h2-6H,16H2,1H3. The van der Waals surface area contributed by atoms with E-state index in [0.29, 0.717) is 21.3 Å². The summed E-state index contributed by atoms with van der Waals surface area (Å²) in [6.07, 6.45) is 0. The zero-order valence-electron chi connectivity index (χ0n) is 9.13. The monoisotopic (exact) mass is 298 g/mol. The van der Waals surface area contributed by atoms with Crippen molar-refractivity contribution in [1.29, 1.82) is 0 Å². The van der Waals surface area contributed by atoms with Gasteiger partial charge in [0, 0.05) is 0 Å². The molecule has 17 heavy (non-hydrogen) atoms. The SMILES string of the molecule is Cc1cc(-c2ccc(F)cc2[Se])c(F)cc1N. The zero-order chi connectivity index (χ0) is 12.6. The Hall–Kier alpha value is -1.38. The quantitative estimate of drug-likeness (QED) is 0.634. The van der Waals surface area contributed by atoms with Crippen molar-refractivity contribution in [3.8, 4) is 11.1 Å². The van der Waals surface area contributed by atoms with Gasteiger partial charge in [-0.15, -0.1) is 0 Å². The molecule has 2 aromatic carbocycles. The van der Waals surface area contributed by atoms with E-state index in [1.807, 2.05) is 0 Å². The zero-order valence-corrected chi connectivity index (χ0v) is 10.8. The molecule has 87 valence electrons. The van der Waals surface area contributed by atoms with E-state index in [2.05, 4.69) is 16.0 Å². The molecule has 1 radical (unpaired) electrons. The van der Waals surface area contributed by atoms with E-state index >= 15 is 0 Å². The molecule has 4 heteroatoms. The van der Waals surface area contributed by atoms with Gasteiger partial charge in [-0.3, -0.25) is 0 Å². The predicted octanol–water partition coefficient (Wildman–Crippen LogP) is 2.32. The van der Waals surface area contributed by atoms with Crippen molar-refractivity contribution in [2.24, 2.45) is 0 Å². The number of rotatable bonds is 1. The fraction of sp³-hybridized carbons (Fsp3) is 0.0769. The third-order valence-electron chi connectivity index (χ3n) is 2.59. The van der Waals surface area contributed by atoms with Gasteiger partial charge >= 0.3 is 106 Å². The summed E-state index contributed by atoms with van der Waals surface area (Å²) in [6.45, 7) is 1.81. The van der Waals surface area contributed by atoms with E-state index in [-0.39, 0.29) is 5.82 Å². The maximum absolute atomic E-state index is 13.8. The van der Waals surface area contributed by atoms with Gasteiger partial charge in [0.1, 0.15) is 0 Å². The predicted molar refractivity (Wildman–Crippen MR) is 66.3 cm³/mol. The van der Waals surface area contributed by atoms with Crippen LogP contribution in [0.2, 0.25) is 0 Å². The number of anilines is 1. The van der Waals surface area contributed by atoms with Crippen molar-refractivity contribution in [2.45, 2.75) is 6.92 Å². The number of halogens is 2. The molecule has 0 heterocycles. The number of hydrogen-bond acceptors (Lipinski definition) is 1. The summed E-state index contributed by atoms with van der Waals surface area (Å²) in [5, 5.41) is 0. The molecule has 2 aromatic rings. The summed E-state index contributed by atoms with van der Waals surface area (Å²) in [4.78, 5) is 0. The molecule has 0 aromatic heterocycles. The maximum atomic E-state index is 13.8. The average molecular weight is 297 g/mol. The minimum absolute atomic E-state index is 0.352. The van der Waals surface area contributed by atoms with Crippen molar-refractivity contribution >= 4 is 26.2 Å². The van der Waals surface area contributed by atoms with Crippen LogP contribution in [-0.4, -0.2) is 16.0 Å². The van der Waals surface area contributed by atoms with Crippen molar-refractivity contribution in [1.82, 2.24) is 0 Å². The molecule has 0 aliphatic rings. The van der Waals surface area contributed by atoms with Crippen molar-refractivity contribution in [3.63, 3.8) is 0 Å². The second kappa shape index (κ2) is 4.47. The van der Waals surface area contributed by atoms with Gasteiger partial charge in [-0.05, 0) is 0 Å². The fourth-order valence-corrected chi connectivity index (χ4v) is 2.23. The number of nitrogen functional groups attached to an aromatic ring is 1. The van der Waals surface area contributed by atoms with E-state index in [9.17, 15) is 8.78 Å². The Morgan fingerprint density at radius 2 is 1.76 bits per heavy atom. The Labute approximate surface area is 106 Å². The number of hydrogen-bond donors (Lipinski definition) is 1. The van der Waals surface area contributed by atoms with Gasteiger partial charge in [-0.25, -0.2) is 0 Å². The summed E-state index contributed by atoms with van der Waals surface area (Å²) < 4.78 is 27.4. The third kappa shape index (κ3) is 2.33. The van der Waals surface area contributed by atoms with E-state index in [0.717, 1.165) is 5.56 Å². The summed E-state index contributed by atoms with van der Waals surface area (Å²) in [6, 6.07) is 7.14. The van der Waals surface area contributed by atoms with E-state index in [1.54, 1.807) is 19.1 Å². The van der Waals surface area contributed by atoms with Crippen LogP contribution in [0.15, 0.2) is 30.3 Å². The first-order valence-electron chi connectivity index (χ1n) is 5.01. The summed E-state index contributed by atoms with van der Waals surface area (Å²) in [5.74, 6) is -0.758. The van der Waals surface area contributed by atoms with Gasteiger partial charge in [0.2, 0.25) is 0 Å². The molecule has 0 bridgehead atoms. The van der Waals surface area contributed by atoms with Crippen LogP contribution in [0.4, 0.5) is 14.5 Å². The number of benzene rings is 2. The molecule has 0 amide bonds. The van der Waals surface area contributed by atoms with Crippen LogP contribution < -0.4 is 10.2 Å². The molecule has 2 N–H and O–H groups in total. The van der Waals surface area contributed by atoms with Crippen LogP contribution in [0.5, 0.6) is 0 Å². The molecule has 0 saturated carbocycles. The first-order valence-corrected chi connectivity index (χ1v) is 5.87. The van der Waals surface area contributed by atoms with Crippen LogP contribution >= 0.6 is 0 Å². The molecule has 0 spiro atoms. The van der Waals surface area contributed by atoms with Crippen LogP contribution in [-0.2, 0) is 0 Å². The van der Waals surface area contributed by atoms with Gasteiger partial charge in [-0.2, -0.15) is 0 Å². The normalized spacial score (nSPS) is 10.5. The van der Waals surface area contributed by atoms with Crippen LogP contribution in [0.1, 0.15) is 5.56 Å². The Balaban J connectivity index is 2.64. The minimum atomic E-state index is -0.406. The molecule has 0 fully saturated rings. The van der Waals surface area contributed by atoms with Crippen LogP contribution in [0.25, 0.3) is 11.1 Å². The van der Waals surface area contributed by atoms with Crippen molar-refractivity contribution in [3.05, 3.63) is 47.5 Å². The van der Waals surface area contributed by atoms with E-state index in [1.165, 1.54) is 18.2 Å². The van der Waals surface area contributed by atoms with Crippen molar-refractivity contribution in [2.75, 3.05) is 5.73 Å². The van der Waals surface area contributed by atoms with Gasteiger partial charge in [0.15, 0.2) is 0 Å². The number of aryl methyl sites for hydroxylation is 1. The molecule has 2 rings (SSSR count). The molecule has 0 saturated heterocycles. The number of nitrogens with two attached hydrogens (primary N) is 1. The Bertz CT molecular complexity index is 582. The molecular formula is C13H10F2NSe. The topological polar surface area (TPSA) is 26.0 Å². The molecule has 1 nitrogen and oxygen atoms in total. The van der Waals surface area contributed by atoms with E-state index < -0.39 is 5.82 Å². The van der Waals surface area contributed by atoms with Crippen molar-refractivity contribution < 1.29 is 8.78 Å². The van der Waals surface area contributed by atoms with E-state index in [4.69, 9.17) is 5.73 Å². The van der Waals surface area contributed by atoms with Gasteiger partial charge in [0.05, 0.1) is 0 Å². The molecule has 0 unspecified atom stereocenters. The molecule has 0 aliphatic heterocycles. The Morgan fingerprint density at radius 1 is 1.06 bits per heavy atom. The molecular weight excluding hydrogens is 287 g/mol. The summed E-state index contributed by atoms with van der Waals surface area (Å²) >= 11 is 2.73. The average Bonchev–Trinajstić information content (AvgIpc) is 2.24.